The maximum absolute atomic E-state index is 12.3. The first-order chi connectivity index (χ1) is 12.3. The average molecular weight is 377 g/mol. The molecule has 1 atom stereocenters. The van der Waals surface area contributed by atoms with Crippen LogP contribution in [-0.4, -0.2) is 22.9 Å². The molecular weight excluding hydrogens is 360 g/mol. The number of rotatable bonds is 6. The SMILES string of the molecule is Cc1cccc([N+](=O)[O-])c1C(=O)OC(C)C(=O)NCc1ccccc1Cl. The fourth-order valence-corrected chi connectivity index (χ4v) is 2.51. The van der Waals surface area contributed by atoms with E-state index in [2.05, 4.69) is 5.32 Å². The first kappa shape index (κ1) is 19.4. The lowest BCUT2D eigenvalue weighted by atomic mass is 10.1. The Labute approximate surface area is 155 Å². The monoisotopic (exact) mass is 376 g/mol. The zero-order chi connectivity index (χ0) is 19.3. The minimum atomic E-state index is -1.12. The molecule has 0 saturated carbocycles. The number of esters is 1. The third-order valence-corrected chi connectivity index (χ3v) is 4.08. The van der Waals surface area contributed by atoms with E-state index < -0.39 is 22.9 Å². The largest absolute Gasteiger partial charge is 0.449 e. The number of halogens is 1. The van der Waals surface area contributed by atoms with Crippen LogP contribution in [0.1, 0.15) is 28.4 Å². The van der Waals surface area contributed by atoms with Crippen LogP contribution in [0.2, 0.25) is 5.02 Å². The number of nitrogens with one attached hydrogen (secondary N) is 1. The molecule has 0 spiro atoms. The Kier molecular flexibility index (Phi) is 6.30. The Hall–Kier alpha value is -2.93. The minimum absolute atomic E-state index is 0.164. The number of ether oxygens (including phenoxy) is 1. The van der Waals surface area contributed by atoms with Gasteiger partial charge in [-0.25, -0.2) is 4.79 Å². The summed E-state index contributed by atoms with van der Waals surface area (Å²) >= 11 is 6.02. The summed E-state index contributed by atoms with van der Waals surface area (Å²) in [5.74, 6) is -1.45. The average Bonchev–Trinajstić information content (AvgIpc) is 2.60. The van der Waals surface area contributed by atoms with Gasteiger partial charge in [-0.05, 0) is 31.0 Å². The Morgan fingerprint density at radius 2 is 1.92 bits per heavy atom. The van der Waals surface area contributed by atoms with Crippen molar-refractivity contribution in [2.45, 2.75) is 26.5 Å². The second-order valence-electron chi connectivity index (χ2n) is 5.58. The number of aryl methyl sites for hydroxylation is 1. The number of carbonyl (C=O) groups excluding carboxylic acids is 2. The van der Waals surface area contributed by atoms with Crippen LogP contribution in [0.25, 0.3) is 0 Å². The van der Waals surface area contributed by atoms with Gasteiger partial charge >= 0.3 is 5.97 Å². The lowest BCUT2D eigenvalue weighted by Gasteiger charge is -2.15. The van der Waals surface area contributed by atoms with Crippen molar-refractivity contribution in [3.8, 4) is 0 Å². The van der Waals surface area contributed by atoms with E-state index in [-0.39, 0.29) is 17.8 Å². The summed E-state index contributed by atoms with van der Waals surface area (Å²) in [5, 5.41) is 14.2. The van der Waals surface area contributed by atoms with Gasteiger partial charge in [-0.3, -0.25) is 14.9 Å². The van der Waals surface area contributed by atoms with Crippen molar-refractivity contribution in [1.82, 2.24) is 5.32 Å². The number of nitrogens with zero attached hydrogens (tertiary/aromatic N) is 1. The topological polar surface area (TPSA) is 98.5 Å². The second kappa shape index (κ2) is 8.44. The third kappa shape index (κ3) is 4.58. The molecule has 1 amide bonds. The van der Waals surface area contributed by atoms with Crippen LogP contribution in [0.3, 0.4) is 0 Å². The van der Waals surface area contributed by atoms with Gasteiger partial charge in [0.05, 0.1) is 4.92 Å². The molecule has 2 aromatic rings. The molecule has 7 nitrogen and oxygen atoms in total. The van der Waals surface area contributed by atoms with E-state index in [1.165, 1.54) is 19.1 Å². The second-order valence-corrected chi connectivity index (χ2v) is 5.99. The van der Waals surface area contributed by atoms with Gasteiger partial charge in [0.15, 0.2) is 6.10 Å². The summed E-state index contributed by atoms with van der Waals surface area (Å²) in [6.07, 6.45) is -1.12. The standard InChI is InChI=1S/C18H17ClN2O5/c1-11-6-5-9-15(21(24)25)16(11)18(23)26-12(2)17(22)20-10-13-7-3-4-8-14(13)19/h3-9,12H,10H2,1-2H3,(H,20,22). The van der Waals surface area contributed by atoms with Crippen LogP contribution in [0.15, 0.2) is 42.5 Å². The van der Waals surface area contributed by atoms with E-state index >= 15 is 0 Å². The van der Waals surface area contributed by atoms with E-state index in [0.29, 0.717) is 10.6 Å². The molecule has 0 fully saturated rings. The Bertz CT molecular complexity index is 853. The fourth-order valence-electron chi connectivity index (χ4n) is 2.31. The van der Waals surface area contributed by atoms with Crippen molar-refractivity contribution >= 4 is 29.2 Å². The molecule has 26 heavy (non-hydrogen) atoms. The molecule has 0 aromatic heterocycles. The van der Waals surface area contributed by atoms with Gasteiger partial charge in [-0.2, -0.15) is 0 Å². The number of hydrogen-bond acceptors (Lipinski definition) is 5. The number of amides is 1. The van der Waals surface area contributed by atoms with Crippen molar-refractivity contribution in [3.63, 3.8) is 0 Å². The molecule has 2 rings (SSSR count). The van der Waals surface area contributed by atoms with Crippen LogP contribution in [0.5, 0.6) is 0 Å². The molecule has 0 saturated heterocycles. The van der Waals surface area contributed by atoms with Crippen molar-refractivity contribution in [2.24, 2.45) is 0 Å². The number of benzene rings is 2. The normalized spacial score (nSPS) is 11.5. The first-order valence-corrected chi connectivity index (χ1v) is 8.15. The van der Waals surface area contributed by atoms with Gasteiger partial charge in [0.1, 0.15) is 5.56 Å². The Morgan fingerprint density at radius 1 is 1.23 bits per heavy atom. The highest BCUT2D eigenvalue weighted by molar-refractivity contribution is 6.31. The third-order valence-electron chi connectivity index (χ3n) is 3.72. The molecule has 2 aromatic carbocycles. The van der Waals surface area contributed by atoms with Gasteiger partial charge < -0.3 is 10.1 Å². The van der Waals surface area contributed by atoms with Crippen molar-refractivity contribution in [3.05, 3.63) is 74.3 Å². The van der Waals surface area contributed by atoms with Crippen molar-refractivity contribution in [2.75, 3.05) is 0 Å². The molecule has 1 N–H and O–H groups in total. The molecule has 8 heteroatoms. The summed E-state index contributed by atoms with van der Waals surface area (Å²) < 4.78 is 5.10. The number of nitro groups is 1. The van der Waals surface area contributed by atoms with E-state index in [1.807, 2.05) is 0 Å². The molecule has 0 bridgehead atoms. The van der Waals surface area contributed by atoms with Crippen LogP contribution < -0.4 is 5.32 Å². The van der Waals surface area contributed by atoms with E-state index in [1.54, 1.807) is 37.3 Å². The maximum atomic E-state index is 12.3. The van der Waals surface area contributed by atoms with Gasteiger partial charge in [-0.15, -0.1) is 0 Å². The molecule has 0 radical (unpaired) electrons. The number of carbonyl (C=O) groups is 2. The molecule has 0 aliphatic carbocycles. The van der Waals surface area contributed by atoms with Crippen LogP contribution in [0, 0.1) is 17.0 Å². The summed E-state index contributed by atoms with van der Waals surface area (Å²) in [7, 11) is 0. The van der Waals surface area contributed by atoms with Crippen molar-refractivity contribution < 1.29 is 19.2 Å². The van der Waals surface area contributed by atoms with Crippen LogP contribution >= 0.6 is 11.6 Å². The molecule has 0 heterocycles. The van der Waals surface area contributed by atoms with E-state index in [0.717, 1.165) is 5.56 Å². The van der Waals surface area contributed by atoms with Gasteiger partial charge in [-0.1, -0.05) is 41.9 Å². The minimum Gasteiger partial charge on any atom is -0.449 e. The highest BCUT2D eigenvalue weighted by Gasteiger charge is 2.26. The van der Waals surface area contributed by atoms with Crippen LogP contribution in [-0.2, 0) is 16.1 Å². The van der Waals surface area contributed by atoms with E-state index in [4.69, 9.17) is 16.3 Å². The molecule has 0 aliphatic heterocycles. The highest BCUT2D eigenvalue weighted by Crippen LogP contribution is 2.23. The highest BCUT2D eigenvalue weighted by atomic mass is 35.5. The summed E-state index contributed by atoms with van der Waals surface area (Å²) in [4.78, 5) is 34.9. The summed E-state index contributed by atoms with van der Waals surface area (Å²) in [5.41, 5.74) is 0.588. The first-order valence-electron chi connectivity index (χ1n) is 7.77. The lowest BCUT2D eigenvalue weighted by molar-refractivity contribution is -0.385. The number of nitro benzene ring substituents is 1. The zero-order valence-corrected chi connectivity index (χ0v) is 14.9. The predicted molar refractivity (Wildman–Crippen MR) is 96.0 cm³/mol. The smallest absolute Gasteiger partial charge is 0.346 e. The predicted octanol–water partition coefficient (Wildman–Crippen LogP) is 3.42. The summed E-state index contributed by atoms with van der Waals surface area (Å²) in [6, 6.07) is 11.3. The Morgan fingerprint density at radius 3 is 2.58 bits per heavy atom. The molecule has 136 valence electrons. The molecule has 0 aliphatic rings. The molecular formula is C18H17ClN2O5. The van der Waals surface area contributed by atoms with E-state index in [9.17, 15) is 19.7 Å². The quantitative estimate of drug-likeness (QED) is 0.473. The lowest BCUT2D eigenvalue weighted by Crippen LogP contribution is -2.35. The Balaban J connectivity index is 2.04. The van der Waals surface area contributed by atoms with Gasteiger partial charge in [0.25, 0.3) is 11.6 Å². The summed E-state index contributed by atoms with van der Waals surface area (Å²) in [6.45, 7) is 3.13. The van der Waals surface area contributed by atoms with Crippen LogP contribution in [0.4, 0.5) is 5.69 Å². The van der Waals surface area contributed by atoms with Gasteiger partial charge in [0, 0.05) is 17.6 Å². The van der Waals surface area contributed by atoms with Gasteiger partial charge in [0.2, 0.25) is 0 Å². The maximum Gasteiger partial charge on any atom is 0.346 e. The molecule has 1 unspecified atom stereocenters. The zero-order valence-electron chi connectivity index (χ0n) is 14.2. The number of hydrogen-bond donors (Lipinski definition) is 1. The van der Waals surface area contributed by atoms with Crippen molar-refractivity contribution in [1.29, 1.82) is 0 Å². The fraction of sp³-hybridized carbons (Fsp3) is 0.222.